The molecular formula is C35H33NO4. The smallest absolute Gasteiger partial charge is 0.316 e. The highest BCUT2D eigenvalue weighted by Crippen LogP contribution is 2.49. The Morgan fingerprint density at radius 2 is 1.48 bits per heavy atom. The number of rotatable bonds is 8. The lowest BCUT2D eigenvalue weighted by molar-refractivity contribution is -0.146. The number of esters is 1. The molecule has 0 spiro atoms. The normalized spacial score (nSPS) is 18.2. The highest BCUT2D eigenvalue weighted by Gasteiger charge is 2.52. The Kier molecular flexibility index (Phi) is 7.01. The molecule has 1 saturated carbocycles. The highest BCUT2D eigenvalue weighted by molar-refractivity contribution is 5.87. The highest BCUT2D eigenvalue weighted by atomic mass is 16.7. The summed E-state index contributed by atoms with van der Waals surface area (Å²) in [4.78, 5) is 18.3. The zero-order chi connectivity index (χ0) is 27.7. The average Bonchev–Trinajstić information content (AvgIpc) is 3.74. The van der Waals surface area contributed by atoms with E-state index in [-0.39, 0.29) is 12.0 Å². The van der Waals surface area contributed by atoms with E-state index in [4.69, 9.17) is 9.57 Å². The molecule has 1 aliphatic carbocycles. The van der Waals surface area contributed by atoms with Crippen LogP contribution in [0.3, 0.4) is 0 Å². The molecule has 0 aromatic heterocycles. The molecule has 2 N–H and O–H groups in total. The largest absolute Gasteiger partial charge is 0.465 e. The maximum atomic E-state index is 12.5. The molecule has 0 bridgehead atoms. The van der Waals surface area contributed by atoms with Crippen LogP contribution in [0, 0.1) is 0 Å². The summed E-state index contributed by atoms with van der Waals surface area (Å²) in [6.45, 7) is 4.24. The van der Waals surface area contributed by atoms with Crippen LogP contribution in [-0.2, 0) is 19.8 Å². The molecule has 4 aromatic rings. The lowest BCUT2D eigenvalue weighted by Crippen LogP contribution is -2.23. The van der Waals surface area contributed by atoms with E-state index < -0.39 is 11.5 Å². The first-order chi connectivity index (χ1) is 19.5. The molecule has 4 aromatic carbocycles. The van der Waals surface area contributed by atoms with E-state index >= 15 is 0 Å². The van der Waals surface area contributed by atoms with E-state index in [1.165, 1.54) is 0 Å². The fourth-order valence-corrected chi connectivity index (χ4v) is 5.55. The van der Waals surface area contributed by atoms with Crippen molar-refractivity contribution in [2.75, 3.05) is 6.61 Å². The van der Waals surface area contributed by atoms with Crippen LogP contribution in [0.2, 0.25) is 0 Å². The van der Waals surface area contributed by atoms with Crippen LogP contribution in [0.25, 0.3) is 28.0 Å². The van der Waals surface area contributed by atoms with Gasteiger partial charge < -0.3 is 14.7 Å². The first-order valence-electron chi connectivity index (χ1n) is 13.9. The van der Waals surface area contributed by atoms with Crippen LogP contribution in [0.4, 0.5) is 0 Å². The number of ether oxygens (including phenoxy) is 1. The number of aliphatic hydroxyl groups is 1. The third-order valence-corrected chi connectivity index (χ3v) is 8.00. The fourth-order valence-electron chi connectivity index (χ4n) is 5.55. The Morgan fingerprint density at radius 1 is 0.875 bits per heavy atom. The van der Waals surface area contributed by atoms with E-state index in [2.05, 4.69) is 47.9 Å². The van der Waals surface area contributed by atoms with Gasteiger partial charge in [-0.25, -0.2) is 0 Å². The quantitative estimate of drug-likeness (QED) is 0.240. The van der Waals surface area contributed by atoms with Gasteiger partial charge in [0, 0.05) is 11.1 Å². The molecule has 202 valence electrons. The van der Waals surface area contributed by atoms with Crippen LogP contribution < -0.4 is 5.48 Å². The van der Waals surface area contributed by atoms with Crippen molar-refractivity contribution in [1.29, 1.82) is 0 Å². The number of benzene rings is 4. The molecule has 2 unspecified atom stereocenters. The third-order valence-electron chi connectivity index (χ3n) is 8.00. The van der Waals surface area contributed by atoms with Gasteiger partial charge in [0.1, 0.15) is 6.10 Å². The summed E-state index contributed by atoms with van der Waals surface area (Å²) in [5.74, 6) is 0.529. The zero-order valence-electron chi connectivity index (χ0n) is 22.8. The van der Waals surface area contributed by atoms with Gasteiger partial charge in [-0.05, 0) is 66.1 Å². The van der Waals surface area contributed by atoms with Gasteiger partial charge in [-0.1, -0.05) is 97.1 Å². The molecule has 2 aliphatic rings. The molecule has 0 radical (unpaired) electrons. The summed E-state index contributed by atoms with van der Waals surface area (Å²) in [5, 5.41) is 11.5. The second kappa shape index (κ2) is 10.8. The summed E-state index contributed by atoms with van der Waals surface area (Å²) in [6, 6.07) is 34.4. The molecular weight excluding hydrogens is 498 g/mol. The van der Waals surface area contributed by atoms with Gasteiger partial charge >= 0.3 is 5.97 Å². The number of aliphatic hydroxyl groups excluding tert-OH is 1. The van der Waals surface area contributed by atoms with E-state index in [0.29, 0.717) is 12.4 Å². The van der Waals surface area contributed by atoms with E-state index in [0.717, 1.165) is 57.4 Å². The standard InChI is InChI=1S/C35H33NO4/c1-3-39-34(38)35(20-21-35)30-18-16-26(17-19-30)25-12-14-27(15-13-25)33-31(23(2)36-40-33)32(37)29-11-7-10-28(22-29)24-8-5-4-6-9-24/h4-19,22-23,32,36-37H,3,20-21H2,1-2H3. The molecule has 40 heavy (non-hydrogen) atoms. The summed E-state index contributed by atoms with van der Waals surface area (Å²) in [7, 11) is 0. The Bertz CT molecular complexity index is 1540. The van der Waals surface area contributed by atoms with Crippen LogP contribution >= 0.6 is 0 Å². The number of carbonyl (C=O) groups is 1. The minimum atomic E-state index is -0.815. The van der Waals surface area contributed by atoms with Gasteiger partial charge in [-0.2, -0.15) is 0 Å². The summed E-state index contributed by atoms with van der Waals surface area (Å²) >= 11 is 0. The maximum absolute atomic E-state index is 12.5. The Morgan fingerprint density at radius 3 is 2.12 bits per heavy atom. The molecule has 1 aliphatic heterocycles. The number of hydrogen-bond acceptors (Lipinski definition) is 5. The van der Waals surface area contributed by atoms with Crippen molar-refractivity contribution in [3.05, 3.63) is 125 Å². The van der Waals surface area contributed by atoms with E-state index in [9.17, 15) is 9.90 Å². The number of hydrogen-bond donors (Lipinski definition) is 2. The zero-order valence-corrected chi connectivity index (χ0v) is 22.8. The number of nitrogens with one attached hydrogen (secondary N) is 1. The monoisotopic (exact) mass is 531 g/mol. The second-order valence-electron chi connectivity index (χ2n) is 10.6. The molecule has 5 nitrogen and oxygen atoms in total. The van der Waals surface area contributed by atoms with Crippen molar-refractivity contribution in [1.82, 2.24) is 5.48 Å². The topological polar surface area (TPSA) is 67.8 Å². The molecule has 5 heteroatoms. The van der Waals surface area contributed by atoms with Crippen LogP contribution in [0.15, 0.2) is 109 Å². The first-order valence-corrected chi connectivity index (χ1v) is 13.9. The van der Waals surface area contributed by atoms with Crippen molar-refractivity contribution in [3.8, 4) is 22.3 Å². The maximum Gasteiger partial charge on any atom is 0.316 e. The van der Waals surface area contributed by atoms with E-state index in [1.54, 1.807) is 0 Å². The van der Waals surface area contributed by atoms with Gasteiger partial charge in [0.05, 0.1) is 18.1 Å². The molecule has 0 saturated heterocycles. The molecule has 1 fully saturated rings. The Hall–Kier alpha value is -4.19. The predicted octanol–water partition coefficient (Wildman–Crippen LogP) is 6.98. The van der Waals surface area contributed by atoms with E-state index in [1.807, 2.05) is 74.5 Å². The minimum absolute atomic E-state index is 0.121. The Labute approximate surface area is 235 Å². The summed E-state index contributed by atoms with van der Waals surface area (Å²) < 4.78 is 5.31. The molecule has 1 heterocycles. The minimum Gasteiger partial charge on any atom is -0.465 e. The van der Waals surface area contributed by atoms with Crippen molar-refractivity contribution in [2.24, 2.45) is 0 Å². The molecule has 0 amide bonds. The lowest BCUT2D eigenvalue weighted by Gasteiger charge is -2.17. The van der Waals surface area contributed by atoms with Crippen LogP contribution in [0.1, 0.15) is 49.5 Å². The van der Waals surface area contributed by atoms with Crippen molar-refractivity contribution in [3.63, 3.8) is 0 Å². The van der Waals surface area contributed by atoms with Gasteiger partial charge in [-0.15, -0.1) is 5.48 Å². The van der Waals surface area contributed by atoms with Crippen molar-refractivity contribution < 1.29 is 19.5 Å². The fraction of sp³-hybridized carbons (Fsp3) is 0.229. The van der Waals surface area contributed by atoms with Gasteiger partial charge in [0.25, 0.3) is 0 Å². The lowest BCUT2D eigenvalue weighted by atomic mass is 9.91. The summed E-state index contributed by atoms with van der Waals surface area (Å²) in [6.07, 6.45) is 0.864. The first kappa shape index (κ1) is 26.1. The predicted molar refractivity (Wildman–Crippen MR) is 157 cm³/mol. The third kappa shape index (κ3) is 4.83. The van der Waals surface area contributed by atoms with Gasteiger partial charge in [0.15, 0.2) is 5.76 Å². The van der Waals surface area contributed by atoms with Crippen LogP contribution in [-0.4, -0.2) is 23.7 Å². The van der Waals surface area contributed by atoms with Crippen molar-refractivity contribution >= 4 is 11.7 Å². The van der Waals surface area contributed by atoms with Gasteiger partial charge in [0.2, 0.25) is 0 Å². The SMILES string of the molecule is CCOC(=O)C1(c2ccc(-c3ccc(C4=C(C(O)c5cccc(-c6ccccc6)c5)C(C)NO4)cc3)cc2)CC1. The van der Waals surface area contributed by atoms with Gasteiger partial charge in [-0.3, -0.25) is 4.79 Å². The average molecular weight is 532 g/mol. The summed E-state index contributed by atoms with van der Waals surface area (Å²) in [5.41, 5.74) is 10.4. The van der Waals surface area contributed by atoms with Crippen LogP contribution in [0.5, 0.6) is 0 Å². The van der Waals surface area contributed by atoms with Crippen molar-refractivity contribution in [2.45, 2.75) is 44.2 Å². The number of hydroxylamine groups is 1. The number of carbonyl (C=O) groups excluding carboxylic acids is 1. The Balaban J connectivity index is 1.25. The second-order valence-corrected chi connectivity index (χ2v) is 10.6. The molecule has 2 atom stereocenters. The molecule has 6 rings (SSSR count).